The Morgan fingerprint density at radius 1 is 1.12 bits per heavy atom. The molecule has 0 heterocycles. The Balaban J connectivity index is 1.96. The number of nitrogens with zero attached hydrogens (tertiary/aromatic N) is 3. The highest BCUT2D eigenvalue weighted by Gasteiger charge is 2.05. The van der Waals surface area contributed by atoms with Gasteiger partial charge in [0, 0.05) is 24.0 Å². The summed E-state index contributed by atoms with van der Waals surface area (Å²) in [7, 11) is 0. The van der Waals surface area contributed by atoms with Crippen LogP contribution in [0.5, 0.6) is 0 Å². The van der Waals surface area contributed by atoms with Crippen LogP contribution in [0.2, 0.25) is 0 Å². The molecule has 0 saturated carbocycles. The van der Waals surface area contributed by atoms with Crippen molar-refractivity contribution < 1.29 is 9.53 Å². The van der Waals surface area contributed by atoms with E-state index in [0.717, 1.165) is 29.7 Å². The number of hydrogen-bond acceptors (Lipinski definition) is 6. The monoisotopic (exact) mass is 338 g/mol. The minimum absolute atomic E-state index is 0.317. The highest BCUT2D eigenvalue weighted by molar-refractivity contribution is 5.81. The second-order valence-corrected chi connectivity index (χ2v) is 5.26. The van der Waals surface area contributed by atoms with Crippen LogP contribution < -0.4 is 10.6 Å². The Labute approximate surface area is 147 Å². The Morgan fingerprint density at radius 2 is 1.68 bits per heavy atom. The minimum atomic E-state index is -0.408. The van der Waals surface area contributed by atoms with Gasteiger partial charge in [-0.1, -0.05) is 6.58 Å². The maximum Gasteiger partial charge on any atom is 0.330 e. The van der Waals surface area contributed by atoms with Gasteiger partial charge in [-0.05, 0) is 55.5 Å². The number of benzene rings is 2. The maximum absolute atomic E-state index is 11.1. The van der Waals surface area contributed by atoms with Crippen molar-refractivity contribution in [2.24, 2.45) is 10.2 Å². The number of azo groups is 1. The molecule has 0 amide bonds. The van der Waals surface area contributed by atoms with Crippen molar-refractivity contribution in [1.82, 2.24) is 0 Å². The fraction of sp³-hybridized carbons (Fsp3) is 0.211. The van der Waals surface area contributed by atoms with E-state index in [1.54, 1.807) is 12.1 Å². The SMILES string of the molecule is C=CC(=O)OCCN(CC)c1ccc(N=Nc2ccc(N)cc2)cc1. The molecule has 0 atom stereocenters. The molecular formula is C19H22N4O2. The summed E-state index contributed by atoms with van der Waals surface area (Å²) >= 11 is 0. The molecule has 0 saturated heterocycles. The maximum atomic E-state index is 11.1. The topological polar surface area (TPSA) is 80.3 Å². The van der Waals surface area contributed by atoms with Crippen LogP contribution in [0.1, 0.15) is 6.92 Å². The highest BCUT2D eigenvalue weighted by atomic mass is 16.5. The van der Waals surface area contributed by atoms with Crippen LogP contribution in [0.3, 0.4) is 0 Å². The first-order chi connectivity index (χ1) is 12.1. The molecule has 2 N–H and O–H groups in total. The fourth-order valence-corrected chi connectivity index (χ4v) is 2.17. The van der Waals surface area contributed by atoms with Gasteiger partial charge in [-0.25, -0.2) is 4.79 Å². The zero-order valence-electron chi connectivity index (χ0n) is 14.3. The van der Waals surface area contributed by atoms with Crippen LogP contribution >= 0.6 is 0 Å². The molecule has 2 rings (SSSR count). The van der Waals surface area contributed by atoms with E-state index < -0.39 is 5.97 Å². The van der Waals surface area contributed by atoms with Crippen molar-refractivity contribution in [2.45, 2.75) is 6.92 Å². The average Bonchev–Trinajstić information content (AvgIpc) is 2.65. The van der Waals surface area contributed by atoms with Crippen LogP contribution in [0, 0.1) is 0 Å². The number of esters is 1. The number of hydrogen-bond donors (Lipinski definition) is 1. The Bertz CT molecular complexity index is 724. The summed E-state index contributed by atoms with van der Waals surface area (Å²) in [6.07, 6.45) is 1.16. The van der Waals surface area contributed by atoms with Gasteiger partial charge in [0.25, 0.3) is 0 Å². The van der Waals surface area contributed by atoms with Gasteiger partial charge in [0.15, 0.2) is 0 Å². The number of nitrogen functional groups attached to an aromatic ring is 1. The third-order valence-electron chi connectivity index (χ3n) is 3.54. The van der Waals surface area contributed by atoms with Crippen LogP contribution in [0.4, 0.5) is 22.7 Å². The number of nitrogens with two attached hydrogens (primary N) is 1. The number of carbonyl (C=O) groups excluding carboxylic acids is 1. The largest absolute Gasteiger partial charge is 0.461 e. The van der Waals surface area contributed by atoms with Gasteiger partial charge in [0.1, 0.15) is 6.61 Å². The molecule has 2 aromatic rings. The Hall–Kier alpha value is -3.15. The van der Waals surface area contributed by atoms with Crippen molar-refractivity contribution in [3.63, 3.8) is 0 Å². The Morgan fingerprint density at radius 3 is 2.20 bits per heavy atom. The first-order valence-corrected chi connectivity index (χ1v) is 8.04. The molecule has 0 aliphatic carbocycles. The molecule has 0 aliphatic heterocycles. The number of likely N-dealkylation sites (N-methyl/N-ethyl adjacent to an activating group) is 1. The molecule has 25 heavy (non-hydrogen) atoms. The van der Waals surface area contributed by atoms with Gasteiger partial charge in [-0.3, -0.25) is 0 Å². The summed E-state index contributed by atoms with van der Waals surface area (Å²) in [5.74, 6) is -0.408. The molecule has 0 fully saturated rings. The molecule has 6 heteroatoms. The van der Waals surface area contributed by atoms with Gasteiger partial charge in [-0.2, -0.15) is 10.2 Å². The summed E-state index contributed by atoms with van der Waals surface area (Å²) in [6.45, 7) is 7.16. The zero-order valence-corrected chi connectivity index (χ0v) is 14.3. The van der Waals surface area contributed by atoms with E-state index >= 15 is 0 Å². The van der Waals surface area contributed by atoms with E-state index in [-0.39, 0.29) is 0 Å². The normalized spacial score (nSPS) is 10.6. The molecule has 0 bridgehead atoms. The average molecular weight is 338 g/mol. The molecule has 130 valence electrons. The third kappa shape index (κ3) is 5.76. The lowest BCUT2D eigenvalue weighted by atomic mass is 10.2. The first kappa shape index (κ1) is 18.2. The van der Waals surface area contributed by atoms with Gasteiger partial charge in [0.05, 0.1) is 17.9 Å². The van der Waals surface area contributed by atoms with Crippen LogP contribution in [-0.2, 0) is 9.53 Å². The molecule has 0 aliphatic rings. The fourth-order valence-electron chi connectivity index (χ4n) is 2.17. The van der Waals surface area contributed by atoms with Crippen LogP contribution in [0.15, 0.2) is 71.4 Å². The second kappa shape index (κ2) is 9.22. The lowest BCUT2D eigenvalue weighted by Gasteiger charge is -2.22. The summed E-state index contributed by atoms with van der Waals surface area (Å²) in [5, 5.41) is 8.39. The summed E-state index contributed by atoms with van der Waals surface area (Å²) in [5.41, 5.74) is 8.88. The molecule has 0 spiro atoms. The van der Waals surface area contributed by atoms with Crippen molar-refractivity contribution in [1.29, 1.82) is 0 Å². The number of anilines is 2. The van der Waals surface area contributed by atoms with Crippen LogP contribution in [0.25, 0.3) is 0 Å². The molecule has 0 aromatic heterocycles. The molecule has 2 aromatic carbocycles. The summed E-state index contributed by atoms with van der Waals surface area (Å²) in [4.78, 5) is 13.2. The molecule has 6 nitrogen and oxygen atoms in total. The van der Waals surface area contributed by atoms with E-state index in [2.05, 4.69) is 21.7 Å². The Kier molecular flexibility index (Phi) is 6.71. The predicted octanol–water partition coefficient (Wildman–Crippen LogP) is 4.24. The van der Waals surface area contributed by atoms with Gasteiger partial charge >= 0.3 is 5.97 Å². The lowest BCUT2D eigenvalue weighted by molar-refractivity contribution is -0.137. The van der Waals surface area contributed by atoms with E-state index in [0.29, 0.717) is 18.8 Å². The van der Waals surface area contributed by atoms with Gasteiger partial charge in [0.2, 0.25) is 0 Å². The quantitative estimate of drug-likeness (QED) is 0.338. The summed E-state index contributed by atoms with van der Waals surface area (Å²) < 4.78 is 5.02. The van der Waals surface area contributed by atoms with Crippen molar-refractivity contribution in [2.75, 3.05) is 30.3 Å². The van der Waals surface area contributed by atoms with Crippen LogP contribution in [-0.4, -0.2) is 25.7 Å². The van der Waals surface area contributed by atoms with E-state index in [1.165, 1.54) is 0 Å². The third-order valence-corrected chi connectivity index (χ3v) is 3.54. The van der Waals surface area contributed by atoms with E-state index in [1.807, 2.05) is 43.3 Å². The molecule has 0 radical (unpaired) electrons. The second-order valence-electron chi connectivity index (χ2n) is 5.26. The van der Waals surface area contributed by atoms with Crippen molar-refractivity contribution in [3.05, 3.63) is 61.2 Å². The first-order valence-electron chi connectivity index (χ1n) is 8.04. The standard InChI is InChI=1S/C19H22N4O2/c1-3-19(24)25-14-13-23(4-2)18-11-9-17(10-12-18)22-21-16-7-5-15(20)6-8-16/h3,5-12H,1,4,13-14,20H2,2H3. The number of ether oxygens (including phenoxy) is 1. The summed E-state index contributed by atoms with van der Waals surface area (Å²) in [6, 6.07) is 14.9. The predicted molar refractivity (Wildman–Crippen MR) is 101 cm³/mol. The number of rotatable bonds is 8. The zero-order chi connectivity index (χ0) is 18.1. The lowest BCUT2D eigenvalue weighted by Crippen LogP contribution is -2.27. The van der Waals surface area contributed by atoms with E-state index in [4.69, 9.17) is 10.5 Å². The van der Waals surface area contributed by atoms with E-state index in [9.17, 15) is 4.79 Å². The van der Waals surface area contributed by atoms with Gasteiger partial charge in [-0.15, -0.1) is 0 Å². The molecular weight excluding hydrogens is 316 g/mol. The van der Waals surface area contributed by atoms with Crippen molar-refractivity contribution in [3.8, 4) is 0 Å². The smallest absolute Gasteiger partial charge is 0.330 e. The molecule has 0 unspecified atom stereocenters. The van der Waals surface area contributed by atoms with Crippen molar-refractivity contribution >= 4 is 28.7 Å². The minimum Gasteiger partial charge on any atom is -0.461 e. The number of carbonyl (C=O) groups is 1. The van der Waals surface area contributed by atoms with Gasteiger partial charge < -0.3 is 15.4 Å². The highest BCUT2D eigenvalue weighted by Crippen LogP contribution is 2.22.